The topological polar surface area (TPSA) is 6.48 Å². The summed E-state index contributed by atoms with van der Waals surface area (Å²) in [5, 5.41) is 0. The number of nitrogens with zero attached hydrogens (tertiary/aromatic N) is 2. The first-order chi connectivity index (χ1) is 9.59. The highest BCUT2D eigenvalue weighted by Crippen LogP contribution is 2.42. The molecule has 0 N–H and O–H groups in total. The molecule has 124 valence electrons. The van der Waals surface area contributed by atoms with E-state index >= 15 is 0 Å². The summed E-state index contributed by atoms with van der Waals surface area (Å²) in [7, 11) is 4.62. The Morgan fingerprint density at radius 3 is 2.05 bits per heavy atom. The summed E-state index contributed by atoms with van der Waals surface area (Å²) in [6.07, 6.45) is 5.62. The number of likely N-dealkylation sites (tertiary alicyclic amines) is 2. The second kappa shape index (κ2) is 6.20. The van der Waals surface area contributed by atoms with Gasteiger partial charge in [-0.15, -0.1) is 0 Å². The number of rotatable bonds is 3. The van der Waals surface area contributed by atoms with Gasteiger partial charge in [-0.3, -0.25) is 0 Å². The van der Waals surface area contributed by atoms with Crippen molar-refractivity contribution in [3.63, 3.8) is 0 Å². The van der Waals surface area contributed by atoms with Gasteiger partial charge in [-0.2, -0.15) is 0 Å². The molecule has 0 radical (unpaired) electrons. The minimum absolute atomic E-state index is 0.420. The minimum Gasteiger partial charge on any atom is -0.306 e. The molecule has 0 saturated carbocycles. The molecule has 2 rings (SSSR count). The molecule has 2 saturated heterocycles. The zero-order valence-corrected chi connectivity index (χ0v) is 15.6. The number of hydrogen-bond donors (Lipinski definition) is 0. The molecule has 0 aromatic rings. The van der Waals surface area contributed by atoms with Crippen molar-refractivity contribution < 1.29 is 0 Å². The maximum Gasteiger partial charge on any atom is 0.0141 e. The Morgan fingerprint density at radius 1 is 0.905 bits per heavy atom. The SMILES string of the molecule is CN1CCC(C(C)(C)CC2CCC(C(C)(C)C)N(C)C2)C1. The fraction of sp³-hybridized carbons (Fsp3) is 1.00. The van der Waals surface area contributed by atoms with Crippen LogP contribution in [0.25, 0.3) is 0 Å². The first-order valence-corrected chi connectivity index (χ1v) is 8.98. The molecule has 3 atom stereocenters. The molecule has 2 heteroatoms. The molecule has 2 fully saturated rings. The van der Waals surface area contributed by atoms with E-state index in [9.17, 15) is 0 Å². The van der Waals surface area contributed by atoms with Crippen molar-refractivity contribution in [3.05, 3.63) is 0 Å². The highest BCUT2D eigenvalue weighted by Gasteiger charge is 2.39. The van der Waals surface area contributed by atoms with Gasteiger partial charge in [0.2, 0.25) is 0 Å². The Balaban J connectivity index is 1.90. The lowest BCUT2D eigenvalue weighted by atomic mass is 9.69. The molecule has 21 heavy (non-hydrogen) atoms. The highest BCUT2D eigenvalue weighted by molar-refractivity contribution is 4.92. The van der Waals surface area contributed by atoms with Gasteiger partial charge < -0.3 is 9.80 Å². The van der Waals surface area contributed by atoms with E-state index < -0.39 is 0 Å². The van der Waals surface area contributed by atoms with Gasteiger partial charge in [-0.25, -0.2) is 0 Å². The van der Waals surface area contributed by atoms with Crippen molar-refractivity contribution in [1.82, 2.24) is 9.80 Å². The Morgan fingerprint density at radius 2 is 1.57 bits per heavy atom. The summed E-state index contributed by atoms with van der Waals surface area (Å²) in [6, 6.07) is 0.759. The molecular formula is C19H38N2. The number of hydrogen-bond acceptors (Lipinski definition) is 2. The second-order valence-corrected chi connectivity index (χ2v) is 9.71. The quantitative estimate of drug-likeness (QED) is 0.773. The van der Waals surface area contributed by atoms with E-state index in [-0.39, 0.29) is 0 Å². The van der Waals surface area contributed by atoms with Gasteiger partial charge in [-0.05, 0) is 69.0 Å². The maximum atomic E-state index is 2.64. The Kier molecular flexibility index (Phi) is 5.10. The predicted molar refractivity (Wildman–Crippen MR) is 92.6 cm³/mol. The van der Waals surface area contributed by atoms with Crippen LogP contribution in [-0.2, 0) is 0 Å². The molecule has 0 bridgehead atoms. The van der Waals surface area contributed by atoms with Crippen LogP contribution in [0.15, 0.2) is 0 Å². The largest absolute Gasteiger partial charge is 0.306 e. The third-order valence-corrected chi connectivity index (χ3v) is 6.24. The average molecular weight is 295 g/mol. The summed E-state index contributed by atoms with van der Waals surface area (Å²) in [4.78, 5) is 5.15. The van der Waals surface area contributed by atoms with E-state index in [1.165, 1.54) is 45.3 Å². The van der Waals surface area contributed by atoms with E-state index in [1.54, 1.807) is 0 Å². The van der Waals surface area contributed by atoms with Gasteiger partial charge in [-0.1, -0.05) is 34.6 Å². The van der Waals surface area contributed by atoms with Crippen molar-refractivity contribution in [2.24, 2.45) is 22.7 Å². The molecule has 0 aromatic carbocycles. The Bertz CT molecular complexity index is 342. The second-order valence-electron chi connectivity index (χ2n) is 9.71. The Hall–Kier alpha value is -0.0800. The van der Waals surface area contributed by atoms with Gasteiger partial charge in [0.05, 0.1) is 0 Å². The third kappa shape index (κ3) is 4.22. The highest BCUT2D eigenvalue weighted by atomic mass is 15.1. The summed E-state index contributed by atoms with van der Waals surface area (Å²) >= 11 is 0. The van der Waals surface area contributed by atoms with Crippen LogP contribution in [0.2, 0.25) is 0 Å². The summed E-state index contributed by atoms with van der Waals surface area (Å²) in [5.41, 5.74) is 0.925. The van der Waals surface area contributed by atoms with Crippen LogP contribution in [0.4, 0.5) is 0 Å². The van der Waals surface area contributed by atoms with Crippen molar-refractivity contribution >= 4 is 0 Å². The third-order valence-electron chi connectivity index (χ3n) is 6.24. The monoisotopic (exact) mass is 294 g/mol. The fourth-order valence-corrected chi connectivity index (χ4v) is 4.98. The van der Waals surface area contributed by atoms with E-state index in [1.807, 2.05) is 0 Å². The predicted octanol–water partition coefficient (Wildman–Crippen LogP) is 4.11. The number of piperidine rings is 1. The van der Waals surface area contributed by atoms with Crippen LogP contribution in [0.1, 0.15) is 60.3 Å². The molecule has 0 spiro atoms. The molecule has 3 unspecified atom stereocenters. The van der Waals surface area contributed by atoms with Crippen LogP contribution in [0.3, 0.4) is 0 Å². The van der Waals surface area contributed by atoms with Gasteiger partial charge in [0.25, 0.3) is 0 Å². The van der Waals surface area contributed by atoms with E-state index in [4.69, 9.17) is 0 Å². The van der Waals surface area contributed by atoms with Gasteiger partial charge in [0.15, 0.2) is 0 Å². The molecule has 2 nitrogen and oxygen atoms in total. The molecule has 2 heterocycles. The lowest BCUT2D eigenvalue weighted by Crippen LogP contribution is -2.48. The lowest BCUT2D eigenvalue weighted by Gasteiger charge is -2.46. The van der Waals surface area contributed by atoms with Crippen LogP contribution in [0.5, 0.6) is 0 Å². The normalized spacial score (nSPS) is 33.6. The van der Waals surface area contributed by atoms with Crippen LogP contribution in [0, 0.1) is 22.7 Å². The van der Waals surface area contributed by atoms with E-state index in [2.05, 4.69) is 58.5 Å². The molecule has 0 amide bonds. The summed E-state index contributed by atoms with van der Waals surface area (Å²) < 4.78 is 0. The van der Waals surface area contributed by atoms with E-state index in [0.29, 0.717) is 10.8 Å². The first-order valence-electron chi connectivity index (χ1n) is 8.98. The van der Waals surface area contributed by atoms with Gasteiger partial charge >= 0.3 is 0 Å². The summed E-state index contributed by atoms with van der Waals surface area (Å²) in [5.74, 6) is 1.79. The fourth-order valence-electron chi connectivity index (χ4n) is 4.98. The van der Waals surface area contributed by atoms with E-state index in [0.717, 1.165) is 17.9 Å². The van der Waals surface area contributed by atoms with Gasteiger partial charge in [0, 0.05) is 19.1 Å². The molecule has 2 aliphatic rings. The van der Waals surface area contributed by atoms with Crippen molar-refractivity contribution in [2.45, 2.75) is 66.3 Å². The van der Waals surface area contributed by atoms with Crippen molar-refractivity contribution in [3.8, 4) is 0 Å². The van der Waals surface area contributed by atoms with Crippen molar-refractivity contribution in [2.75, 3.05) is 33.7 Å². The molecular weight excluding hydrogens is 256 g/mol. The standard InChI is InChI=1S/C19H38N2/c1-18(2,3)17-9-8-15(13-21(17)7)12-19(4,5)16-10-11-20(6)14-16/h15-17H,8-14H2,1-7H3. The zero-order chi connectivity index (χ0) is 15.8. The maximum absolute atomic E-state index is 2.64. The van der Waals surface area contributed by atoms with Crippen LogP contribution in [-0.4, -0.2) is 49.6 Å². The molecule has 0 aliphatic carbocycles. The zero-order valence-electron chi connectivity index (χ0n) is 15.6. The van der Waals surface area contributed by atoms with Crippen molar-refractivity contribution in [1.29, 1.82) is 0 Å². The van der Waals surface area contributed by atoms with Gasteiger partial charge in [0.1, 0.15) is 0 Å². The van der Waals surface area contributed by atoms with Crippen LogP contribution < -0.4 is 0 Å². The first kappa shape index (κ1) is 17.3. The molecule has 2 aliphatic heterocycles. The average Bonchev–Trinajstić information content (AvgIpc) is 2.74. The Labute approximate surface area is 133 Å². The summed E-state index contributed by atoms with van der Waals surface area (Å²) in [6.45, 7) is 16.1. The minimum atomic E-state index is 0.420. The smallest absolute Gasteiger partial charge is 0.0141 e. The lowest BCUT2D eigenvalue weighted by molar-refractivity contribution is 0.0376. The van der Waals surface area contributed by atoms with Crippen LogP contribution >= 0.6 is 0 Å². The molecule has 0 aromatic heterocycles.